The van der Waals surface area contributed by atoms with Crippen LogP contribution in [0.25, 0.3) is 5.65 Å². The molecule has 0 bridgehead atoms. The van der Waals surface area contributed by atoms with Crippen LogP contribution in [0.4, 0.5) is 5.69 Å². The Bertz CT molecular complexity index is 1530. The van der Waals surface area contributed by atoms with Gasteiger partial charge >= 0.3 is 0 Å². The molecule has 3 heterocycles. The molecule has 2 aromatic carbocycles. The summed E-state index contributed by atoms with van der Waals surface area (Å²) in [5.41, 5.74) is 3.07. The number of aromatic nitrogens is 2. The molecule has 1 amide bonds. The number of pyridine rings is 1. The number of rotatable bonds is 9. The van der Waals surface area contributed by atoms with Gasteiger partial charge in [-0.15, -0.1) is 0 Å². The van der Waals surface area contributed by atoms with Crippen molar-refractivity contribution in [3.63, 3.8) is 0 Å². The molecule has 4 aromatic rings. The highest BCUT2D eigenvalue weighted by atomic mass is 32.2. The summed E-state index contributed by atoms with van der Waals surface area (Å²) in [5.74, 6) is 0.926. The summed E-state index contributed by atoms with van der Waals surface area (Å²) in [7, 11) is -3.84. The van der Waals surface area contributed by atoms with Crippen molar-refractivity contribution in [3.8, 4) is 11.5 Å². The molecule has 37 heavy (non-hydrogen) atoms. The minimum atomic E-state index is -3.84. The lowest BCUT2D eigenvalue weighted by Crippen LogP contribution is -2.30. The maximum Gasteiger partial charge on any atom is 0.251 e. The second-order valence-corrected chi connectivity index (χ2v) is 10.7. The fourth-order valence-electron chi connectivity index (χ4n) is 3.97. The van der Waals surface area contributed by atoms with Gasteiger partial charge in [-0.3, -0.25) is 4.79 Å². The first-order valence-electron chi connectivity index (χ1n) is 11.8. The fourth-order valence-corrected chi connectivity index (χ4v) is 5.29. The Labute approximate surface area is 214 Å². The van der Waals surface area contributed by atoms with Crippen LogP contribution >= 0.6 is 0 Å². The number of anilines is 1. The van der Waals surface area contributed by atoms with Crippen molar-refractivity contribution in [3.05, 3.63) is 83.8 Å². The zero-order chi connectivity index (χ0) is 26.0. The zero-order valence-electron chi connectivity index (χ0n) is 20.4. The van der Waals surface area contributed by atoms with Crippen LogP contribution in [0.2, 0.25) is 0 Å². The molecule has 1 aliphatic rings. The summed E-state index contributed by atoms with van der Waals surface area (Å²) in [6, 6.07) is 15.4. The number of carbonyl (C=O) groups excluding carboxylic acids is 1. The molecule has 0 radical (unpaired) electrons. The summed E-state index contributed by atoms with van der Waals surface area (Å²) >= 11 is 0. The molecule has 0 saturated carbocycles. The van der Waals surface area contributed by atoms with Crippen LogP contribution in [0.5, 0.6) is 11.5 Å². The van der Waals surface area contributed by atoms with Crippen molar-refractivity contribution in [1.82, 2.24) is 19.4 Å². The molecule has 10 nitrogen and oxygen atoms in total. The molecule has 0 atom stereocenters. The average Bonchev–Trinajstić information content (AvgIpc) is 3.51. The van der Waals surface area contributed by atoms with E-state index in [2.05, 4.69) is 20.3 Å². The second kappa shape index (κ2) is 10.1. The highest BCUT2D eigenvalue weighted by Crippen LogP contribution is 2.32. The molecule has 5 rings (SSSR count). The normalized spacial score (nSPS) is 12.7. The fraction of sp³-hybridized carbons (Fsp3) is 0.231. The lowest BCUT2D eigenvalue weighted by Gasteiger charge is -2.14. The van der Waals surface area contributed by atoms with Crippen LogP contribution in [0, 0.1) is 0 Å². The van der Waals surface area contributed by atoms with E-state index in [0.717, 1.165) is 11.2 Å². The minimum Gasteiger partial charge on any atom is -0.454 e. The van der Waals surface area contributed by atoms with E-state index in [1.54, 1.807) is 19.9 Å². The summed E-state index contributed by atoms with van der Waals surface area (Å²) < 4.78 is 41.1. The number of sulfonamides is 1. The maximum atomic E-state index is 13.1. The van der Waals surface area contributed by atoms with E-state index in [1.807, 2.05) is 53.2 Å². The van der Waals surface area contributed by atoms with Crippen LogP contribution in [-0.2, 0) is 23.1 Å². The summed E-state index contributed by atoms with van der Waals surface area (Å²) in [5, 5.41) is 6.06. The maximum absolute atomic E-state index is 13.1. The van der Waals surface area contributed by atoms with Gasteiger partial charge in [0.15, 0.2) is 11.5 Å². The molecule has 11 heteroatoms. The van der Waals surface area contributed by atoms with Gasteiger partial charge in [0.05, 0.1) is 17.1 Å². The van der Waals surface area contributed by atoms with Crippen molar-refractivity contribution in [2.24, 2.45) is 0 Å². The number of hydrogen-bond acceptors (Lipinski definition) is 7. The third-order valence-corrected chi connectivity index (χ3v) is 7.29. The summed E-state index contributed by atoms with van der Waals surface area (Å²) in [4.78, 5) is 17.5. The highest BCUT2D eigenvalue weighted by Gasteiger charge is 2.20. The predicted octanol–water partition coefficient (Wildman–Crippen LogP) is 3.29. The van der Waals surface area contributed by atoms with E-state index >= 15 is 0 Å². The van der Waals surface area contributed by atoms with Crippen LogP contribution in [-0.4, -0.2) is 36.5 Å². The van der Waals surface area contributed by atoms with Gasteiger partial charge in [0.25, 0.3) is 5.91 Å². The predicted molar refractivity (Wildman–Crippen MR) is 138 cm³/mol. The van der Waals surface area contributed by atoms with Gasteiger partial charge in [-0.1, -0.05) is 12.1 Å². The Balaban J connectivity index is 1.37. The van der Waals surface area contributed by atoms with Gasteiger partial charge in [0.2, 0.25) is 16.8 Å². The lowest BCUT2D eigenvalue weighted by atomic mass is 10.1. The topological polar surface area (TPSA) is 123 Å². The molecule has 0 fully saturated rings. The largest absolute Gasteiger partial charge is 0.454 e. The first-order chi connectivity index (χ1) is 17.8. The SMILES string of the molecule is CC(C)NS(=O)(=O)c1cc(NCc2ccc3c(c2)OCO3)cc(C(=O)NCc2cn3ccccc3n2)c1. The van der Waals surface area contributed by atoms with Gasteiger partial charge in [-0.25, -0.2) is 18.1 Å². The average molecular weight is 522 g/mol. The molecule has 0 saturated heterocycles. The molecular weight excluding hydrogens is 494 g/mol. The number of benzene rings is 2. The molecule has 1 aliphatic heterocycles. The van der Waals surface area contributed by atoms with E-state index in [4.69, 9.17) is 9.47 Å². The number of hydrogen-bond donors (Lipinski definition) is 3. The number of ether oxygens (including phenoxy) is 2. The lowest BCUT2D eigenvalue weighted by molar-refractivity contribution is 0.0950. The number of nitrogens with one attached hydrogen (secondary N) is 3. The molecule has 0 aliphatic carbocycles. The van der Waals surface area contributed by atoms with Gasteiger partial charge in [0.1, 0.15) is 5.65 Å². The standard InChI is InChI=1S/C26H27N5O5S/c1-17(2)30-37(33,34)22-11-19(26(32)28-14-21-15-31-8-4-3-5-25(31)29-21)10-20(12-22)27-13-18-6-7-23-24(9-18)36-16-35-23/h3-12,15,17,27,30H,13-14,16H2,1-2H3,(H,28,32). The molecule has 0 unspecified atom stereocenters. The van der Waals surface area contributed by atoms with E-state index in [9.17, 15) is 13.2 Å². The highest BCUT2D eigenvalue weighted by molar-refractivity contribution is 7.89. The molecule has 0 spiro atoms. The van der Waals surface area contributed by atoms with Crippen LogP contribution < -0.4 is 24.8 Å². The van der Waals surface area contributed by atoms with Gasteiger partial charge in [0, 0.05) is 36.2 Å². The smallest absolute Gasteiger partial charge is 0.251 e. The first kappa shape index (κ1) is 24.6. The number of amides is 1. The van der Waals surface area contributed by atoms with Gasteiger partial charge in [-0.2, -0.15) is 0 Å². The number of imidazole rings is 1. The minimum absolute atomic E-state index is 0.00485. The van der Waals surface area contributed by atoms with Crippen LogP contribution in [0.15, 0.2) is 71.9 Å². The quantitative estimate of drug-likeness (QED) is 0.309. The Kier molecular flexibility index (Phi) is 6.72. The van der Waals surface area contributed by atoms with Gasteiger partial charge in [-0.05, 0) is 61.9 Å². The summed E-state index contributed by atoms with van der Waals surface area (Å²) in [6.45, 7) is 4.24. The van der Waals surface area contributed by atoms with E-state index < -0.39 is 15.9 Å². The van der Waals surface area contributed by atoms with E-state index in [0.29, 0.717) is 29.4 Å². The molecule has 192 valence electrons. The van der Waals surface area contributed by atoms with Crippen molar-refractivity contribution in [2.45, 2.75) is 37.9 Å². The van der Waals surface area contributed by atoms with E-state index in [1.165, 1.54) is 12.1 Å². The van der Waals surface area contributed by atoms with Crippen LogP contribution in [0.1, 0.15) is 35.5 Å². The van der Waals surface area contributed by atoms with Crippen molar-refractivity contribution in [1.29, 1.82) is 0 Å². The van der Waals surface area contributed by atoms with Crippen molar-refractivity contribution >= 4 is 27.3 Å². The van der Waals surface area contributed by atoms with Crippen LogP contribution in [0.3, 0.4) is 0 Å². The molecule has 2 aromatic heterocycles. The third kappa shape index (κ3) is 5.68. The summed E-state index contributed by atoms with van der Waals surface area (Å²) in [6.07, 6.45) is 3.71. The van der Waals surface area contributed by atoms with Gasteiger partial charge < -0.3 is 24.5 Å². The number of carbonyl (C=O) groups is 1. The number of fused-ring (bicyclic) bond motifs is 2. The first-order valence-corrected chi connectivity index (χ1v) is 13.3. The third-order valence-electron chi connectivity index (χ3n) is 5.65. The molecular formula is C26H27N5O5S. The monoisotopic (exact) mass is 521 g/mol. The Morgan fingerprint density at radius 1 is 1.05 bits per heavy atom. The van der Waals surface area contributed by atoms with Crippen molar-refractivity contribution in [2.75, 3.05) is 12.1 Å². The Morgan fingerprint density at radius 3 is 2.70 bits per heavy atom. The second-order valence-electron chi connectivity index (χ2n) is 8.94. The number of nitrogens with zero attached hydrogens (tertiary/aromatic N) is 2. The Hall–Kier alpha value is -4.09. The molecule has 3 N–H and O–H groups in total. The van der Waals surface area contributed by atoms with Crippen molar-refractivity contribution < 1.29 is 22.7 Å². The van der Waals surface area contributed by atoms with E-state index in [-0.39, 0.29) is 29.8 Å². The zero-order valence-corrected chi connectivity index (χ0v) is 21.2. The Morgan fingerprint density at radius 2 is 1.89 bits per heavy atom.